The van der Waals surface area contributed by atoms with Crippen molar-refractivity contribution in [2.75, 3.05) is 0 Å². The molecule has 0 spiro atoms. The second-order valence-corrected chi connectivity index (χ2v) is 7.19. The van der Waals surface area contributed by atoms with E-state index in [1.54, 1.807) is 6.07 Å². The Hall–Kier alpha value is -3.79. The third-order valence-corrected chi connectivity index (χ3v) is 4.32. The first-order valence-corrected chi connectivity index (χ1v) is 9.21. The second-order valence-electron chi connectivity index (χ2n) is 6.75. The number of halogens is 6. The average Bonchev–Trinajstić information content (AvgIpc) is 2.69. The standard InChI is InChI=1S/C19H11ClF5N5O3/c1-18(21,22)12-4-9(16(31)30-29-12)5-13-27-15(19(23,24)25)14(17(32)28-13)33-11-3-8(7-26)2-10(20)6-11/h2-4,6H,5H2,1H3,(H,30,31)(H,27,28,32). The molecule has 0 atom stereocenters. The molecule has 172 valence electrons. The molecule has 0 bridgehead atoms. The van der Waals surface area contributed by atoms with Gasteiger partial charge < -0.3 is 9.72 Å². The number of hydrogen-bond donors (Lipinski definition) is 2. The highest BCUT2D eigenvalue weighted by molar-refractivity contribution is 6.30. The van der Waals surface area contributed by atoms with Gasteiger partial charge in [-0.25, -0.2) is 10.1 Å². The van der Waals surface area contributed by atoms with Crippen molar-refractivity contribution < 1.29 is 26.7 Å². The highest BCUT2D eigenvalue weighted by atomic mass is 35.5. The number of rotatable bonds is 5. The summed E-state index contributed by atoms with van der Waals surface area (Å²) in [7, 11) is 0. The van der Waals surface area contributed by atoms with Gasteiger partial charge >= 0.3 is 6.18 Å². The lowest BCUT2D eigenvalue weighted by Gasteiger charge is -2.14. The van der Waals surface area contributed by atoms with Crippen molar-refractivity contribution in [3.8, 4) is 17.6 Å². The summed E-state index contributed by atoms with van der Waals surface area (Å²) in [5.74, 6) is -5.63. The van der Waals surface area contributed by atoms with Crippen LogP contribution in [0.25, 0.3) is 0 Å². The Kier molecular flexibility index (Phi) is 6.24. The molecule has 0 fully saturated rings. The van der Waals surface area contributed by atoms with Crippen LogP contribution in [0.5, 0.6) is 11.5 Å². The molecule has 0 aliphatic carbocycles. The number of benzene rings is 1. The first-order chi connectivity index (χ1) is 15.3. The van der Waals surface area contributed by atoms with E-state index >= 15 is 0 Å². The molecule has 1 aromatic carbocycles. The van der Waals surface area contributed by atoms with Crippen molar-refractivity contribution in [1.29, 1.82) is 5.26 Å². The first kappa shape index (κ1) is 23.9. The fourth-order valence-corrected chi connectivity index (χ4v) is 2.89. The third-order valence-electron chi connectivity index (χ3n) is 4.10. The first-order valence-electron chi connectivity index (χ1n) is 8.83. The molecule has 0 aliphatic heterocycles. The van der Waals surface area contributed by atoms with Crippen LogP contribution in [0.1, 0.15) is 35.3 Å². The van der Waals surface area contributed by atoms with Crippen LogP contribution in [0.15, 0.2) is 33.9 Å². The number of nitriles is 1. The molecule has 0 aliphatic rings. The molecule has 14 heteroatoms. The van der Waals surface area contributed by atoms with E-state index < -0.39 is 58.2 Å². The van der Waals surface area contributed by atoms with E-state index in [1.807, 2.05) is 10.1 Å². The van der Waals surface area contributed by atoms with Gasteiger partial charge in [-0.1, -0.05) is 11.6 Å². The van der Waals surface area contributed by atoms with Crippen LogP contribution in [0.2, 0.25) is 5.02 Å². The maximum Gasteiger partial charge on any atom is 0.437 e. The number of ether oxygens (including phenoxy) is 1. The molecular formula is C19H11ClF5N5O3. The van der Waals surface area contributed by atoms with Crippen LogP contribution in [0.3, 0.4) is 0 Å². The fourth-order valence-electron chi connectivity index (χ4n) is 2.67. The zero-order valence-electron chi connectivity index (χ0n) is 16.4. The summed E-state index contributed by atoms with van der Waals surface area (Å²) in [6.45, 7) is 0.513. The molecule has 2 heterocycles. The summed E-state index contributed by atoms with van der Waals surface area (Å²) >= 11 is 5.79. The van der Waals surface area contributed by atoms with Gasteiger partial charge in [0.2, 0.25) is 5.75 Å². The summed E-state index contributed by atoms with van der Waals surface area (Å²) in [6, 6.07) is 5.80. The van der Waals surface area contributed by atoms with Gasteiger partial charge in [0, 0.05) is 23.9 Å². The van der Waals surface area contributed by atoms with E-state index in [0.717, 1.165) is 12.1 Å². The number of nitrogens with zero attached hydrogens (tertiary/aromatic N) is 3. The predicted octanol–water partition coefficient (Wildman–Crippen LogP) is 3.89. The summed E-state index contributed by atoms with van der Waals surface area (Å²) in [5, 5.41) is 13.9. The zero-order valence-corrected chi connectivity index (χ0v) is 17.1. The van der Waals surface area contributed by atoms with Crippen molar-refractivity contribution in [3.63, 3.8) is 0 Å². The van der Waals surface area contributed by atoms with E-state index in [2.05, 4.69) is 10.1 Å². The Morgan fingerprint density at radius 2 is 1.82 bits per heavy atom. The average molecular weight is 488 g/mol. The van der Waals surface area contributed by atoms with Crippen molar-refractivity contribution in [1.82, 2.24) is 20.2 Å². The normalized spacial score (nSPS) is 11.8. The van der Waals surface area contributed by atoms with Crippen molar-refractivity contribution in [3.05, 3.63) is 78.3 Å². The lowest BCUT2D eigenvalue weighted by Crippen LogP contribution is -2.24. The molecule has 3 rings (SSSR count). The molecule has 0 amide bonds. The largest absolute Gasteiger partial charge is 0.449 e. The number of aromatic nitrogens is 4. The number of hydrogen-bond acceptors (Lipinski definition) is 6. The van der Waals surface area contributed by atoms with Crippen LogP contribution < -0.4 is 15.9 Å². The zero-order chi connectivity index (χ0) is 24.6. The monoisotopic (exact) mass is 487 g/mol. The lowest BCUT2D eigenvalue weighted by molar-refractivity contribution is -0.142. The molecule has 0 saturated heterocycles. The van der Waals surface area contributed by atoms with Crippen LogP contribution in [-0.4, -0.2) is 20.2 Å². The summed E-state index contributed by atoms with van der Waals surface area (Å²) in [4.78, 5) is 29.7. The van der Waals surface area contributed by atoms with Crippen LogP contribution in [0.4, 0.5) is 22.0 Å². The molecule has 8 nitrogen and oxygen atoms in total. The Morgan fingerprint density at radius 1 is 1.12 bits per heavy atom. The highest BCUT2D eigenvalue weighted by Crippen LogP contribution is 2.35. The third kappa shape index (κ3) is 5.53. The quantitative estimate of drug-likeness (QED) is 0.526. The molecule has 0 unspecified atom stereocenters. The van der Waals surface area contributed by atoms with Crippen molar-refractivity contribution in [2.45, 2.75) is 25.4 Å². The minimum Gasteiger partial charge on any atom is -0.449 e. The van der Waals surface area contributed by atoms with Crippen LogP contribution >= 0.6 is 11.6 Å². The molecule has 2 aromatic heterocycles. The number of alkyl halides is 5. The number of aromatic amines is 2. The van der Waals surface area contributed by atoms with Gasteiger partial charge in [-0.05, 0) is 24.3 Å². The Balaban J connectivity index is 2.07. The molecule has 3 aromatic rings. The molecule has 2 N–H and O–H groups in total. The maximum absolute atomic E-state index is 13.6. The minimum absolute atomic E-state index is 0.0286. The molecule has 0 saturated carbocycles. The van der Waals surface area contributed by atoms with Crippen molar-refractivity contribution in [2.24, 2.45) is 0 Å². The van der Waals surface area contributed by atoms with Gasteiger partial charge in [0.1, 0.15) is 17.3 Å². The van der Waals surface area contributed by atoms with Gasteiger partial charge in [-0.2, -0.15) is 32.3 Å². The molecular weight excluding hydrogens is 477 g/mol. The van der Waals surface area contributed by atoms with E-state index in [-0.39, 0.29) is 16.3 Å². The number of H-pyrrole nitrogens is 2. The summed E-state index contributed by atoms with van der Waals surface area (Å²) in [6.07, 6.45) is -5.88. The Labute approximate surface area is 185 Å². The van der Waals surface area contributed by atoms with E-state index in [1.165, 1.54) is 6.07 Å². The highest BCUT2D eigenvalue weighted by Gasteiger charge is 2.39. The molecule has 33 heavy (non-hydrogen) atoms. The maximum atomic E-state index is 13.6. The summed E-state index contributed by atoms with van der Waals surface area (Å²) in [5.41, 5.74) is -5.32. The van der Waals surface area contributed by atoms with E-state index in [9.17, 15) is 31.5 Å². The van der Waals surface area contributed by atoms with Gasteiger partial charge in [0.15, 0.2) is 5.69 Å². The SMILES string of the molecule is CC(F)(F)c1cc(Cc2nc(C(F)(F)F)c(Oc3cc(Cl)cc(C#N)c3)c(=O)[nH]2)c(=O)[nH]n1. The smallest absolute Gasteiger partial charge is 0.437 e. The second kappa shape index (κ2) is 8.62. The van der Waals surface area contributed by atoms with Gasteiger partial charge in [0.05, 0.1) is 11.6 Å². The van der Waals surface area contributed by atoms with Gasteiger partial charge in [0.25, 0.3) is 17.0 Å². The van der Waals surface area contributed by atoms with Crippen molar-refractivity contribution >= 4 is 11.6 Å². The number of nitrogens with one attached hydrogen (secondary N) is 2. The van der Waals surface area contributed by atoms with Crippen LogP contribution in [-0.2, 0) is 18.5 Å². The molecule has 0 radical (unpaired) electrons. The van der Waals surface area contributed by atoms with Gasteiger partial charge in [-0.3, -0.25) is 9.59 Å². The van der Waals surface area contributed by atoms with Gasteiger partial charge in [-0.15, -0.1) is 0 Å². The summed E-state index contributed by atoms with van der Waals surface area (Å²) < 4.78 is 72.9. The van der Waals surface area contributed by atoms with E-state index in [0.29, 0.717) is 13.0 Å². The van der Waals surface area contributed by atoms with E-state index in [4.69, 9.17) is 21.6 Å². The Morgan fingerprint density at radius 3 is 2.42 bits per heavy atom. The topological polar surface area (TPSA) is 125 Å². The fraction of sp³-hybridized carbons (Fsp3) is 0.211. The Bertz CT molecular complexity index is 1370. The minimum atomic E-state index is -5.17. The predicted molar refractivity (Wildman–Crippen MR) is 103 cm³/mol. The van der Waals surface area contributed by atoms with Crippen LogP contribution in [0, 0.1) is 11.3 Å². The lowest BCUT2D eigenvalue weighted by atomic mass is 10.1.